The molecule has 1 heterocycles. The van der Waals surface area contributed by atoms with Crippen molar-refractivity contribution in [1.29, 1.82) is 0 Å². The molecule has 7 nitrogen and oxygen atoms in total. The quantitative estimate of drug-likeness (QED) is 0.170. The summed E-state index contributed by atoms with van der Waals surface area (Å²) in [5, 5.41) is 3.87. The maximum Gasteiger partial charge on any atom is 0.345 e. The van der Waals surface area contributed by atoms with Crippen molar-refractivity contribution < 1.29 is 23.9 Å². The van der Waals surface area contributed by atoms with Crippen molar-refractivity contribution in [1.82, 2.24) is 4.57 Å². The van der Waals surface area contributed by atoms with Crippen molar-refractivity contribution in [3.63, 3.8) is 0 Å². The van der Waals surface area contributed by atoms with Crippen molar-refractivity contribution in [2.24, 2.45) is 0 Å². The lowest BCUT2D eigenvalue weighted by Gasteiger charge is -2.11. The number of fused-ring (bicyclic) bond motifs is 1. The van der Waals surface area contributed by atoms with Crippen LogP contribution >= 0.6 is 11.6 Å². The number of hydrogen-bond acceptors (Lipinski definition) is 5. The Balaban J connectivity index is 1.48. The molecule has 1 N–H and O–H groups in total. The Morgan fingerprint density at radius 2 is 1.55 bits per heavy atom. The minimum atomic E-state index is -0.664. The number of hydrogen-bond donors (Lipinski definition) is 1. The van der Waals surface area contributed by atoms with Crippen molar-refractivity contribution in [2.75, 3.05) is 11.9 Å². The van der Waals surface area contributed by atoms with Gasteiger partial charge in [0.1, 0.15) is 5.75 Å². The van der Waals surface area contributed by atoms with Crippen LogP contribution in [0.5, 0.6) is 5.75 Å². The lowest BCUT2D eigenvalue weighted by Crippen LogP contribution is -2.17. The first-order valence-electron chi connectivity index (χ1n) is 12.6. The normalized spacial score (nSPS) is 10.8. The third-order valence-corrected chi connectivity index (χ3v) is 6.63. The van der Waals surface area contributed by atoms with Gasteiger partial charge >= 0.3 is 11.9 Å². The van der Waals surface area contributed by atoms with Gasteiger partial charge < -0.3 is 19.4 Å². The highest BCUT2D eigenvalue weighted by Crippen LogP contribution is 2.33. The third kappa shape index (κ3) is 5.32. The average Bonchev–Trinajstić information content (AvgIpc) is 3.25. The van der Waals surface area contributed by atoms with Gasteiger partial charge in [-0.2, -0.15) is 0 Å². The molecule has 40 heavy (non-hydrogen) atoms. The molecule has 5 rings (SSSR count). The predicted octanol–water partition coefficient (Wildman–Crippen LogP) is 7.24. The molecule has 0 spiro atoms. The Bertz CT molecular complexity index is 1730. The van der Waals surface area contributed by atoms with E-state index in [0.29, 0.717) is 32.9 Å². The van der Waals surface area contributed by atoms with Crippen LogP contribution in [0, 0.1) is 6.92 Å². The van der Waals surface area contributed by atoms with Crippen molar-refractivity contribution in [3.05, 3.63) is 124 Å². The topological polar surface area (TPSA) is 86.6 Å². The van der Waals surface area contributed by atoms with Gasteiger partial charge in [-0.25, -0.2) is 9.59 Å². The number of nitrogens with zero attached hydrogens (tertiary/aromatic N) is 1. The molecule has 0 atom stereocenters. The first-order chi connectivity index (χ1) is 19.4. The fourth-order valence-corrected chi connectivity index (χ4v) is 4.69. The summed E-state index contributed by atoms with van der Waals surface area (Å²) in [5.74, 6) is -1.27. The van der Waals surface area contributed by atoms with E-state index in [1.54, 1.807) is 73.7 Å². The molecule has 0 saturated carbocycles. The fourth-order valence-electron chi connectivity index (χ4n) is 4.56. The Hall–Kier alpha value is -4.88. The van der Waals surface area contributed by atoms with Crippen LogP contribution in [0.15, 0.2) is 97.1 Å². The number of halogens is 1. The van der Waals surface area contributed by atoms with E-state index in [9.17, 15) is 14.4 Å². The molecule has 0 unspecified atom stereocenters. The largest absolute Gasteiger partial charge is 0.462 e. The summed E-state index contributed by atoms with van der Waals surface area (Å²) in [7, 11) is 0. The van der Waals surface area contributed by atoms with Crippen LogP contribution in [-0.4, -0.2) is 29.0 Å². The highest BCUT2D eigenvalue weighted by molar-refractivity contribution is 6.30. The van der Waals surface area contributed by atoms with Crippen LogP contribution in [0.2, 0.25) is 5.02 Å². The van der Waals surface area contributed by atoms with E-state index in [2.05, 4.69) is 5.32 Å². The lowest BCUT2D eigenvalue weighted by atomic mass is 10.1. The standard InChI is InChI=1S/C32H25ClN2O5/c1-3-39-32(38)29-20(2)35(23-9-5-4-6-10-23)28-18-17-24(19-26(28)29)40-31(37)25-11-7-8-12-27(25)34-30(36)21-13-15-22(33)16-14-21/h4-19H,3H2,1-2H3,(H,34,36). The Labute approximate surface area is 235 Å². The zero-order valence-corrected chi connectivity index (χ0v) is 22.6. The number of ether oxygens (including phenoxy) is 2. The summed E-state index contributed by atoms with van der Waals surface area (Å²) >= 11 is 5.92. The number of anilines is 1. The minimum Gasteiger partial charge on any atom is -0.462 e. The summed E-state index contributed by atoms with van der Waals surface area (Å²) in [6, 6.07) is 27.8. The smallest absolute Gasteiger partial charge is 0.345 e. The summed E-state index contributed by atoms with van der Waals surface area (Å²) < 4.78 is 13.0. The van der Waals surface area contributed by atoms with E-state index >= 15 is 0 Å². The van der Waals surface area contributed by atoms with Gasteiger partial charge in [0.15, 0.2) is 0 Å². The van der Waals surface area contributed by atoms with Crippen molar-refractivity contribution in [3.8, 4) is 11.4 Å². The number of esters is 2. The zero-order valence-electron chi connectivity index (χ0n) is 21.8. The fraction of sp³-hybridized carbons (Fsp3) is 0.0938. The Morgan fingerprint density at radius 1 is 0.850 bits per heavy atom. The van der Waals surface area contributed by atoms with E-state index < -0.39 is 17.8 Å². The van der Waals surface area contributed by atoms with E-state index in [0.717, 1.165) is 11.2 Å². The second kappa shape index (κ2) is 11.5. The van der Waals surface area contributed by atoms with Gasteiger partial charge in [-0.1, -0.05) is 41.9 Å². The molecular weight excluding hydrogens is 528 g/mol. The number of rotatable bonds is 7. The summed E-state index contributed by atoms with van der Waals surface area (Å²) in [4.78, 5) is 39.0. The number of para-hydroxylation sites is 2. The second-order valence-electron chi connectivity index (χ2n) is 8.93. The number of nitrogens with one attached hydrogen (secondary N) is 1. The molecule has 0 saturated heterocycles. The lowest BCUT2D eigenvalue weighted by molar-refractivity contribution is 0.0527. The van der Waals surface area contributed by atoms with E-state index in [-0.39, 0.29) is 17.9 Å². The van der Waals surface area contributed by atoms with Gasteiger partial charge in [0.25, 0.3) is 5.91 Å². The molecule has 0 radical (unpaired) electrons. The first-order valence-corrected chi connectivity index (χ1v) is 13.0. The van der Waals surface area contributed by atoms with E-state index in [4.69, 9.17) is 21.1 Å². The van der Waals surface area contributed by atoms with Crippen LogP contribution in [0.25, 0.3) is 16.6 Å². The average molecular weight is 553 g/mol. The van der Waals surface area contributed by atoms with E-state index in [1.165, 1.54) is 0 Å². The molecule has 4 aromatic carbocycles. The number of benzene rings is 4. The monoisotopic (exact) mass is 552 g/mol. The molecule has 1 aromatic heterocycles. The first kappa shape index (κ1) is 26.7. The van der Waals surface area contributed by atoms with Gasteiger partial charge in [0.05, 0.1) is 28.9 Å². The highest BCUT2D eigenvalue weighted by Gasteiger charge is 2.23. The molecule has 200 valence electrons. The molecule has 5 aromatic rings. The second-order valence-corrected chi connectivity index (χ2v) is 9.36. The number of carbonyl (C=O) groups is 3. The van der Waals surface area contributed by atoms with Crippen LogP contribution in [0.3, 0.4) is 0 Å². The van der Waals surface area contributed by atoms with Crippen LogP contribution in [-0.2, 0) is 4.74 Å². The maximum atomic E-state index is 13.3. The summed E-state index contributed by atoms with van der Waals surface area (Å²) in [6.45, 7) is 3.83. The van der Waals surface area contributed by atoms with E-state index in [1.807, 2.05) is 41.8 Å². The molecular formula is C32H25ClN2O5. The summed E-state index contributed by atoms with van der Waals surface area (Å²) in [5.41, 5.74) is 3.62. The van der Waals surface area contributed by atoms with Crippen LogP contribution in [0.1, 0.15) is 43.7 Å². The molecule has 0 aliphatic rings. The third-order valence-electron chi connectivity index (χ3n) is 6.38. The maximum absolute atomic E-state index is 13.3. The Kier molecular flexibility index (Phi) is 7.66. The van der Waals surface area contributed by atoms with Gasteiger partial charge in [0, 0.05) is 27.4 Å². The molecule has 0 aliphatic carbocycles. The zero-order chi connectivity index (χ0) is 28.2. The van der Waals surface area contributed by atoms with Crippen LogP contribution in [0.4, 0.5) is 5.69 Å². The molecule has 1 amide bonds. The van der Waals surface area contributed by atoms with Gasteiger partial charge in [-0.15, -0.1) is 0 Å². The van der Waals surface area contributed by atoms with Crippen LogP contribution < -0.4 is 10.1 Å². The molecule has 0 bridgehead atoms. The highest BCUT2D eigenvalue weighted by atomic mass is 35.5. The molecule has 0 fully saturated rings. The number of amides is 1. The Morgan fingerprint density at radius 3 is 2.27 bits per heavy atom. The van der Waals surface area contributed by atoms with Gasteiger partial charge in [-0.05, 0) is 80.6 Å². The minimum absolute atomic E-state index is 0.175. The molecule has 8 heteroatoms. The summed E-state index contributed by atoms with van der Waals surface area (Å²) in [6.07, 6.45) is 0. The van der Waals surface area contributed by atoms with Crippen molar-refractivity contribution in [2.45, 2.75) is 13.8 Å². The SMILES string of the molecule is CCOC(=O)c1c(C)n(-c2ccccc2)c2ccc(OC(=O)c3ccccc3NC(=O)c3ccc(Cl)cc3)cc12. The predicted molar refractivity (Wildman–Crippen MR) is 155 cm³/mol. The van der Waals surface area contributed by atoms with Gasteiger partial charge in [-0.3, -0.25) is 4.79 Å². The van der Waals surface area contributed by atoms with Crippen molar-refractivity contribution >= 4 is 46.0 Å². The molecule has 0 aliphatic heterocycles. The number of carbonyl (C=O) groups excluding carboxylic acids is 3. The number of aromatic nitrogens is 1. The van der Waals surface area contributed by atoms with Gasteiger partial charge in [0.2, 0.25) is 0 Å².